The molecule has 4 N–H and O–H groups in total. The molecule has 2 aliphatic heterocycles. The molecule has 2 heterocycles. The minimum absolute atomic E-state index is 0.0163. The zero-order chi connectivity index (χ0) is 49.0. The molecule has 0 spiro atoms. The molecule has 0 fully saturated rings. The molecule has 0 aromatic heterocycles. The number of rotatable bonds is 4. The summed E-state index contributed by atoms with van der Waals surface area (Å²) in [4.78, 5) is 50.0. The second kappa shape index (κ2) is 21.1. The van der Waals surface area contributed by atoms with Crippen LogP contribution < -0.4 is 10.9 Å². The molecule has 340 valence electrons. The minimum Gasteiger partial charge on any atom is -0.506 e. The van der Waals surface area contributed by atoms with E-state index in [0.29, 0.717) is 54.4 Å². The van der Waals surface area contributed by atoms with Gasteiger partial charge in [-0.05, 0) is 205 Å². The largest absolute Gasteiger partial charge is 0.506 e. The first kappa shape index (κ1) is 54.7. The average molecular weight is 1950 g/mol. The summed E-state index contributed by atoms with van der Waals surface area (Å²) in [5, 5.41) is 40.6. The van der Waals surface area contributed by atoms with Crippen LogP contribution in [0.2, 0.25) is 40.2 Å². The first-order valence-corrected chi connectivity index (χ1v) is 28.5. The third-order valence-electron chi connectivity index (χ3n) is 9.51. The molecule has 0 atom stereocenters. The number of hydrogen-bond donors (Lipinski definition) is 4. The van der Waals surface area contributed by atoms with Gasteiger partial charge in [-0.3, -0.25) is 9.59 Å². The number of halogens is 16. The van der Waals surface area contributed by atoms with Crippen LogP contribution in [0.25, 0.3) is 66.8 Å². The van der Waals surface area contributed by atoms with Crippen LogP contribution in [0.4, 0.5) is 0 Å². The maximum absolute atomic E-state index is 12.7. The van der Waals surface area contributed by atoms with Gasteiger partial charge in [0, 0.05) is 44.2 Å². The molecule has 0 unspecified atom stereocenters. The van der Waals surface area contributed by atoms with E-state index in [1.54, 1.807) is 24.3 Å². The molecule has 4 aromatic carbocycles. The van der Waals surface area contributed by atoms with Gasteiger partial charge < -0.3 is 29.3 Å². The smallest absolute Gasteiger partial charge is 0.337 e. The van der Waals surface area contributed by atoms with Gasteiger partial charge in [-0.2, -0.15) is 0 Å². The summed E-state index contributed by atoms with van der Waals surface area (Å²) in [6, 6.07) is 6.44. The number of carbonyl (C=O) groups is 2. The van der Waals surface area contributed by atoms with Crippen LogP contribution in [0.1, 0.15) is 20.7 Å². The van der Waals surface area contributed by atoms with Crippen molar-refractivity contribution in [3.8, 4) is 56.4 Å². The monoisotopic (exact) mass is 1940 g/mol. The predicted molar refractivity (Wildman–Crippen MR) is 328 cm³/mol. The van der Waals surface area contributed by atoms with Crippen LogP contribution in [0.5, 0.6) is 11.5 Å². The summed E-state index contributed by atoms with van der Waals surface area (Å²) in [6.07, 6.45) is 0. The number of aromatic hydroxyl groups is 2. The predicted octanol–water partition coefficient (Wildman–Crippen LogP) is 18.0. The zero-order valence-electron chi connectivity index (χ0n) is 30.6. The van der Waals surface area contributed by atoms with Crippen molar-refractivity contribution in [2.24, 2.45) is 0 Å². The van der Waals surface area contributed by atoms with Crippen molar-refractivity contribution in [3.05, 3.63) is 125 Å². The molecule has 4 aromatic rings. The van der Waals surface area contributed by atoms with Crippen LogP contribution in [0, 0.1) is 28.6 Å². The lowest BCUT2D eigenvalue weighted by Gasteiger charge is -2.21. The third kappa shape index (κ3) is 9.31. The van der Waals surface area contributed by atoms with Crippen molar-refractivity contribution in [2.45, 2.75) is 0 Å². The van der Waals surface area contributed by atoms with E-state index in [1.807, 2.05) is 181 Å². The Kier molecular flexibility index (Phi) is 17.5. The molecular weight excluding hydrogens is 1940 g/mol. The van der Waals surface area contributed by atoms with E-state index in [2.05, 4.69) is 0 Å². The van der Waals surface area contributed by atoms with E-state index in [4.69, 9.17) is 102 Å². The van der Waals surface area contributed by atoms with E-state index in [-0.39, 0.29) is 115 Å². The molecule has 10 nitrogen and oxygen atoms in total. The molecular formula is C40H8Cl8I8O10. The molecule has 4 aliphatic rings. The summed E-state index contributed by atoms with van der Waals surface area (Å²) in [7, 11) is 0. The molecule has 0 saturated carbocycles. The number of benzene rings is 6. The van der Waals surface area contributed by atoms with Crippen LogP contribution in [0.3, 0.4) is 0 Å². The Morgan fingerprint density at radius 1 is 0.424 bits per heavy atom. The Morgan fingerprint density at radius 2 is 0.727 bits per heavy atom. The maximum atomic E-state index is 12.7. The second-order valence-corrected chi connectivity index (χ2v) is 25.1. The molecule has 0 radical (unpaired) electrons. The van der Waals surface area contributed by atoms with Gasteiger partial charge in [-0.1, -0.05) is 92.8 Å². The summed E-state index contributed by atoms with van der Waals surface area (Å²) in [5.74, 6) is -2.36. The average Bonchev–Trinajstić information content (AvgIpc) is 3.26. The highest BCUT2D eigenvalue weighted by molar-refractivity contribution is 14.1. The van der Waals surface area contributed by atoms with E-state index in [1.165, 1.54) is 0 Å². The third-order valence-corrected chi connectivity index (χ3v) is 20.3. The van der Waals surface area contributed by atoms with Gasteiger partial charge in [0.25, 0.3) is 0 Å². The Balaban J connectivity index is 0.000000196. The van der Waals surface area contributed by atoms with Gasteiger partial charge in [0.15, 0.2) is 22.7 Å². The standard InChI is InChI=1S/2C20H4Cl4I4O5/c2*21-10-8(9(20(31)32)11(22)13(24)12(10)23)7-3-1-5(25)16(29)14(27)18(3)33-19-4(7)2-6(26)17(30)15(19)28/h2*1-2,29H,(H,31,32). The maximum Gasteiger partial charge on any atom is 0.337 e. The number of phenolic OH excluding ortho intramolecular Hbond substituents is 2. The number of aromatic carboxylic acids is 2. The van der Waals surface area contributed by atoms with Crippen LogP contribution in [0.15, 0.2) is 42.7 Å². The summed E-state index contributed by atoms with van der Waals surface area (Å²) in [5.41, 5.74) is 0.847. The van der Waals surface area contributed by atoms with Gasteiger partial charge in [-0.25, -0.2) is 9.59 Å². The second-order valence-electron chi connectivity index (χ2n) is 13.1. The lowest BCUT2D eigenvalue weighted by Crippen LogP contribution is -2.13. The highest BCUT2D eigenvalue weighted by Gasteiger charge is 2.34. The fraction of sp³-hybridized carbons (Fsp3) is 0. The highest BCUT2D eigenvalue weighted by atomic mass is 127. The highest BCUT2D eigenvalue weighted by Crippen LogP contribution is 2.55. The topological polar surface area (TPSA) is 175 Å². The van der Waals surface area contributed by atoms with E-state index in [0.717, 1.165) is 0 Å². The van der Waals surface area contributed by atoms with Crippen molar-refractivity contribution in [2.75, 3.05) is 0 Å². The minimum atomic E-state index is -1.37. The molecule has 0 saturated heterocycles. The molecule has 66 heavy (non-hydrogen) atoms. The Bertz CT molecular complexity index is 3370. The fourth-order valence-electron chi connectivity index (χ4n) is 6.66. The van der Waals surface area contributed by atoms with Crippen molar-refractivity contribution in [3.63, 3.8) is 0 Å². The lowest BCUT2D eigenvalue weighted by molar-refractivity contribution is 0.0687. The summed E-state index contributed by atoms with van der Waals surface area (Å²) in [6.45, 7) is 0. The van der Waals surface area contributed by atoms with Crippen LogP contribution in [-0.2, 0) is 0 Å². The Hall–Kier alpha value is 0.960. The molecule has 8 rings (SSSR count). The molecule has 0 bridgehead atoms. The number of carboxylic acid groups (broad SMARTS) is 2. The van der Waals surface area contributed by atoms with Gasteiger partial charge >= 0.3 is 11.9 Å². The van der Waals surface area contributed by atoms with Crippen LogP contribution >= 0.6 is 274 Å². The van der Waals surface area contributed by atoms with Gasteiger partial charge in [0.1, 0.15) is 18.6 Å². The van der Waals surface area contributed by atoms with Crippen molar-refractivity contribution in [1.29, 1.82) is 0 Å². The zero-order valence-corrected chi connectivity index (χ0v) is 53.9. The van der Waals surface area contributed by atoms with Crippen LogP contribution in [-0.4, -0.2) is 32.4 Å². The Morgan fingerprint density at radius 3 is 1.03 bits per heavy atom. The normalized spacial score (nSPS) is 11.5. The Labute approximate surface area is 518 Å². The number of phenols is 2. The molecule has 2 aliphatic carbocycles. The quantitative estimate of drug-likeness (QED) is 0.0574. The lowest BCUT2D eigenvalue weighted by atomic mass is 9.90. The van der Waals surface area contributed by atoms with Crippen molar-refractivity contribution >= 4 is 307 Å². The number of hydrogen-bond acceptors (Lipinski definition) is 8. The van der Waals surface area contributed by atoms with Gasteiger partial charge in [-0.15, -0.1) is 0 Å². The van der Waals surface area contributed by atoms with Gasteiger partial charge in [0.2, 0.25) is 10.9 Å². The van der Waals surface area contributed by atoms with Gasteiger partial charge in [0.05, 0.1) is 72.7 Å². The molecule has 26 heteroatoms. The first-order valence-electron chi connectivity index (χ1n) is 16.9. The summed E-state index contributed by atoms with van der Waals surface area (Å²) < 4.78 is 15.3. The van der Waals surface area contributed by atoms with E-state index < -0.39 is 11.9 Å². The number of carboxylic acids is 2. The number of fused-ring (bicyclic) bond motifs is 4. The van der Waals surface area contributed by atoms with Crippen molar-refractivity contribution in [1.82, 2.24) is 0 Å². The summed E-state index contributed by atoms with van der Waals surface area (Å²) >= 11 is 66.1. The van der Waals surface area contributed by atoms with E-state index >= 15 is 0 Å². The van der Waals surface area contributed by atoms with Crippen molar-refractivity contribution < 1.29 is 38.8 Å². The fourth-order valence-corrected chi connectivity index (χ4v) is 15.9. The molecule has 0 amide bonds. The SMILES string of the molecule is O=C(O)c1c(Cl)c(Cl)c(Cl)c(Cl)c1-c1c2cc(I)c(=O)c(I)c-2oc2c(I)c(O)c(I)cc12.O=C(O)c1c(Cl)c(Cl)c(Cl)c(Cl)c1-c1c2cc(I)c(=O)c(I)c-2oc2c(I)c(O)c(I)cc12. The van der Waals surface area contributed by atoms with E-state index in [9.17, 15) is 39.6 Å². The first-order chi connectivity index (χ1) is 30.8.